The quantitative estimate of drug-likeness (QED) is 0.802. The van der Waals surface area contributed by atoms with Crippen LogP contribution in [0.4, 0.5) is 8.78 Å². The van der Waals surface area contributed by atoms with Crippen LogP contribution in [0.1, 0.15) is 20.8 Å². The molecule has 0 spiro atoms. The van der Waals surface area contributed by atoms with Gasteiger partial charge in [0.2, 0.25) is 0 Å². The maximum Gasteiger partial charge on any atom is 0.195 e. The number of H-pyrrole nitrogens is 1. The highest BCUT2D eigenvalue weighted by atomic mass is 32.1. The Labute approximate surface area is 108 Å². The van der Waals surface area contributed by atoms with E-state index in [-0.39, 0.29) is 11.4 Å². The molecule has 6 heteroatoms. The summed E-state index contributed by atoms with van der Waals surface area (Å²) >= 11 is 5.11. The predicted octanol–water partition coefficient (Wildman–Crippen LogP) is 3.64. The number of nitrogens with one attached hydrogen (secondary N) is 1. The molecule has 96 valence electrons. The first kappa shape index (κ1) is 12.9. The number of benzene rings is 1. The zero-order valence-electron chi connectivity index (χ0n) is 10.3. The van der Waals surface area contributed by atoms with Crippen molar-refractivity contribution < 1.29 is 8.78 Å². The summed E-state index contributed by atoms with van der Waals surface area (Å²) in [4.78, 5) is 0. The van der Waals surface area contributed by atoms with E-state index in [1.807, 2.05) is 20.8 Å². The number of hydrogen-bond acceptors (Lipinski definition) is 2. The Kier molecular flexibility index (Phi) is 3.06. The van der Waals surface area contributed by atoms with E-state index in [0.717, 1.165) is 0 Å². The van der Waals surface area contributed by atoms with Gasteiger partial charge in [0.05, 0.1) is 5.56 Å². The largest absolute Gasteiger partial charge is 0.295 e. The van der Waals surface area contributed by atoms with Crippen molar-refractivity contribution in [2.45, 2.75) is 26.3 Å². The highest BCUT2D eigenvalue weighted by Crippen LogP contribution is 2.28. The first-order valence-electron chi connectivity index (χ1n) is 5.44. The molecular weight excluding hydrogens is 256 g/mol. The van der Waals surface area contributed by atoms with Gasteiger partial charge in [0.1, 0.15) is 11.6 Å². The first-order valence-corrected chi connectivity index (χ1v) is 5.85. The normalized spacial score (nSPS) is 11.8. The molecule has 2 rings (SSSR count). The minimum Gasteiger partial charge on any atom is -0.295 e. The van der Waals surface area contributed by atoms with E-state index in [1.54, 1.807) is 4.57 Å². The number of rotatable bonds is 1. The topological polar surface area (TPSA) is 33.6 Å². The standard InChI is InChI=1S/C12H13F2N3S/c1-12(2,3)17-10(15-16-11(17)18)9-7(13)5-4-6-8(9)14/h4-6H,1-3H3,(H,16,18). The zero-order valence-corrected chi connectivity index (χ0v) is 11.1. The van der Waals surface area contributed by atoms with Gasteiger partial charge in [-0.15, -0.1) is 0 Å². The number of aromatic amines is 1. The SMILES string of the molecule is CC(C)(C)n1c(-c2c(F)cccc2F)n[nH]c1=S. The van der Waals surface area contributed by atoms with Crippen molar-refractivity contribution in [3.63, 3.8) is 0 Å². The average molecular weight is 269 g/mol. The van der Waals surface area contributed by atoms with Gasteiger partial charge in [-0.05, 0) is 45.1 Å². The minimum absolute atomic E-state index is 0.167. The molecule has 0 fully saturated rings. The molecule has 0 aliphatic carbocycles. The maximum absolute atomic E-state index is 13.8. The van der Waals surface area contributed by atoms with Crippen LogP contribution in [-0.4, -0.2) is 14.8 Å². The van der Waals surface area contributed by atoms with Gasteiger partial charge in [-0.2, -0.15) is 5.10 Å². The lowest BCUT2D eigenvalue weighted by Crippen LogP contribution is -2.23. The van der Waals surface area contributed by atoms with Crippen LogP contribution < -0.4 is 0 Å². The predicted molar refractivity (Wildman–Crippen MR) is 67.8 cm³/mol. The van der Waals surface area contributed by atoms with Gasteiger partial charge in [0.15, 0.2) is 10.6 Å². The Balaban J connectivity index is 2.78. The fourth-order valence-corrected chi connectivity index (χ4v) is 2.20. The molecule has 1 aromatic carbocycles. The van der Waals surface area contributed by atoms with Crippen LogP contribution in [0, 0.1) is 16.4 Å². The van der Waals surface area contributed by atoms with E-state index in [0.29, 0.717) is 4.77 Å². The maximum atomic E-state index is 13.8. The van der Waals surface area contributed by atoms with Gasteiger partial charge in [-0.25, -0.2) is 8.78 Å². The van der Waals surface area contributed by atoms with Crippen LogP contribution in [0.3, 0.4) is 0 Å². The molecule has 0 atom stereocenters. The van der Waals surface area contributed by atoms with E-state index >= 15 is 0 Å². The lowest BCUT2D eigenvalue weighted by atomic mass is 10.1. The molecule has 0 saturated heterocycles. The smallest absolute Gasteiger partial charge is 0.195 e. The summed E-state index contributed by atoms with van der Waals surface area (Å²) in [6, 6.07) is 3.71. The van der Waals surface area contributed by atoms with E-state index in [2.05, 4.69) is 10.2 Å². The minimum atomic E-state index is -0.658. The van der Waals surface area contributed by atoms with Crippen molar-refractivity contribution >= 4 is 12.2 Å². The second kappa shape index (κ2) is 4.28. The van der Waals surface area contributed by atoms with Gasteiger partial charge in [0.25, 0.3) is 0 Å². The number of hydrogen-bond donors (Lipinski definition) is 1. The molecule has 3 nitrogen and oxygen atoms in total. The highest BCUT2D eigenvalue weighted by Gasteiger charge is 2.24. The lowest BCUT2D eigenvalue weighted by Gasteiger charge is -2.22. The van der Waals surface area contributed by atoms with Gasteiger partial charge in [-0.1, -0.05) is 6.07 Å². The van der Waals surface area contributed by atoms with Crippen molar-refractivity contribution in [2.75, 3.05) is 0 Å². The molecule has 0 unspecified atom stereocenters. The first-order chi connectivity index (χ1) is 8.32. The molecule has 0 amide bonds. The molecule has 1 heterocycles. The Morgan fingerprint density at radius 1 is 1.22 bits per heavy atom. The van der Waals surface area contributed by atoms with Crippen LogP contribution in [0.5, 0.6) is 0 Å². The Morgan fingerprint density at radius 3 is 2.28 bits per heavy atom. The summed E-state index contributed by atoms with van der Waals surface area (Å²) in [5.74, 6) is -1.15. The molecule has 1 N–H and O–H groups in total. The van der Waals surface area contributed by atoms with Gasteiger partial charge in [0, 0.05) is 5.54 Å². The van der Waals surface area contributed by atoms with Crippen molar-refractivity contribution in [2.24, 2.45) is 0 Å². The third kappa shape index (κ3) is 2.08. The van der Waals surface area contributed by atoms with Crippen molar-refractivity contribution in [3.05, 3.63) is 34.6 Å². The van der Waals surface area contributed by atoms with E-state index in [1.165, 1.54) is 18.2 Å². The fraction of sp³-hybridized carbons (Fsp3) is 0.333. The number of aromatic nitrogens is 3. The fourth-order valence-electron chi connectivity index (χ4n) is 1.80. The molecular formula is C12H13F2N3S. The van der Waals surface area contributed by atoms with Crippen molar-refractivity contribution in [1.82, 2.24) is 14.8 Å². The zero-order chi connectivity index (χ0) is 13.5. The van der Waals surface area contributed by atoms with Crippen LogP contribution in [-0.2, 0) is 5.54 Å². The van der Waals surface area contributed by atoms with Crippen molar-refractivity contribution in [1.29, 1.82) is 0 Å². The Morgan fingerprint density at radius 2 is 1.78 bits per heavy atom. The molecule has 1 aromatic heterocycles. The summed E-state index contributed by atoms with van der Waals surface area (Å²) in [6.07, 6.45) is 0. The van der Waals surface area contributed by atoms with Gasteiger partial charge >= 0.3 is 0 Å². The molecule has 0 bridgehead atoms. The third-order valence-electron chi connectivity index (χ3n) is 2.53. The van der Waals surface area contributed by atoms with Crippen LogP contribution in [0.25, 0.3) is 11.4 Å². The lowest BCUT2D eigenvalue weighted by molar-refractivity contribution is 0.394. The van der Waals surface area contributed by atoms with E-state index in [9.17, 15) is 8.78 Å². The monoisotopic (exact) mass is 269 g/mol. The molecule has 0 aliphatic rings. The summed E-state index contributed by atoms with van der Waals surface area (Å²) < 4.78 is 29.5. The summed E-state index contributed by atoms with van der Waals surface area (Å²) in [5.41, 5.74) is -0.589. The number of halogens is 2. The van der Waals surface area contributed by atoms with Crippen LogP contribution in [0.15, 0.2) is 18.2 Å². The summed E-state index contributed by atoms with van der Waals surface area (Å²) in [5, 5.41) is 6.52. The Hall–Kier alpha value is -1.56. The highest BCUT2D eigenvalue weighted by molar-refractivity contribution is 7.71. The molecule has 2 aromatic rings. The van der Waals surface area contributed by atoms with E-state index in [4.69, 9.17) is 12.2 Å². The molecule has 0 saturated carbocycles. The molecule has 18 heavy (non-hydrogen) atoms. The van der Waals surface area contributed by atoms with E-state index < -0.39 is 17.2 Å². The third-order valence-corrected chi connectivity index (χ3v) is 2.80. The molecule has 0 aliphatic heterocycles. The van der Waals surface area contributed by atoms with Gasteiger partial charge in [-0.3, -0.25) is 9.67 Å². The Bertz CT molecular complexity index is 617. The summed E-state index contributed by atoms with van der Waals surface area (Å²) in [7, 11) is 0. The number of nitrogens with zero attached hydrogens (tertiary/aromatic N) is 2. The summed E-state index contributed by atoms with van der Waals surface area (Å²) in [6.45, 7) is 5.67. The van der Waals surface area contributed by atoms with Gasteiger partial charge < -0.3 is 0 Å². The van der Waals surface area contributed by atoms with Crippen LogP contribution >= 0.6 is 12.2 Å². The molecule has 0 radical (unpaired) electrons. The van der Waals surface area contributed by atoms with Crippen LogP contribution in [0.2, 0.25) is 0 Å². The second-order valence-corrected chi connectivity index (χ2v) is 5.34. The van der Waals surface area contributed by atoms with Crippen molar-refractivity contribution in [3.8, 4) is 11.4 Å². The average Bonchev–Trinajstić information content (AvgIpc) is 2.59. The second-order valence-electron chi connectivity index (χ2n) is 4.96.